The van der Waals surface area contributed by atoms with Crippen LogP contribution in [-0.2, 0) is 10.0 Å². The van der Waals surface area contributed by atoms with E-state index in [1.54, 1.807) is 6.07 Å². The Hall–Kier alpha value is -1.77. The van der Waals surface area contributed by atoms with E-state index in [0.29, 0.717) is 18.9 Å². The van der Waals surface area contributed by atoms with E-state index in [2.05, 4.69) is 31.4 Å². The van der Waals surface area contributed by atoms with Gasteiger partial charge in [0.1, 0.15) is 10.7 Å². The lowest BCUT2D eigenvalue weighted by Crippen LogP contribution is -2.30. The van der Waals surface area contributed by atoms with Crippen LogP contribution in [0.15, 0.2) is 57.1 Å². The number of nitrogens with one attached hydrogen (secondary N) is 1. The van der Waals surface area contributed by atoms with Crippen LogP contribution >= 0.6 is 15.9 Å². The Morgan fingerprint density at radius 3 is 2.52 bits per heavy atom. The van der Waals surface area contributed by atoms with Gasteiger partial charge in [-0.25, -0.2) is 13.4 Å². The first-order valence-corrected chi connectivity index (χ1v) is 10.1. The van der Waals surface area contributed by atoms with E-state index >= 15 is 0 Å². The molecule has 0 bridgehead atoms. The molecule has 2 rings (SSSR count). The first kappa shape index (κ1) is 19.6. The van der Waals surface area contributed by atoms with Gasteiger partial charge in [-0.05, 0) is 36.8 Å². The molecule has 134 valence electrons. The zero-order valence-electron chi connectivity index (χ0n) is 14.4. The maximum Gasteiger partial charge on any atom is 0.244 e. The Bertz CT molecular complexity index is 847. The molecule has 0 fully saturated rings. The second-order valence-corrected chi connectivity index (χ2v) is 8.14. The number of hydrogen-bond acceptors (Lipinski definition) is 5. The third-order valence-corrected chi connectivity index (χ3v) is 6.19. The Kier molecular flexibility index (Phi) is 6.69. The van der Waals surface area contributed by atoms with Gasteiger partial charge < -0.3 is 0 Å². The van der Waals surface area contributed by atoms with E-state index < -0.39 is 10.0 Å². The third kappa shape index (κ3) is 4.87. The van der Waals surface area contributed by atoms with E-state index in [-0.39, 0.29) is 4.90 Å². The number of anilines is 1. The second-order valence-electron chi connectivity index (χ2n) is 5.29. The fourth-order valence-electron chi connectivity index (χ4n) is 2.23. The van der Waals surface area contributed by atoms with Crippen molar-refractivity contribution >= 4 is 37.5 Å². The van der Waals surface area contributed by atoms with E-state index in [0.717, 1.165) is 15.7 Å². The van der Waals surface area contributed by atoms with Crippen LogP contribution in [0.5, 0.6) is 0 Å². The van der Waals surface area contributed by atoms with Crippen molar-refractivity contribution < 1.29 is 8.42 Å². The van der Waals surface area contributed by atoms with Gasteiger partial charge >= 0.3 is 0 Å². The van der Waals surface area contributed by atoms with Crippen molar-refractivity contribution in [3.63, 3.8) is 0 Å². The highest BCUT2D eigenvalue weighted by Crippen LogP contribution is 2.16. The van der Waals surface area contributed by atoms with Crippen molar-refractivity contribution in [2.24, 2.45) is 5.10 Å². The van der Waals surface area contributed by atoms with Crippen LogP contribution < -0.4 is 5.43 Å². The molecule has 8 heteroatoms. The normalized spacial score (nSPS) is 12.4. The molecule has 25 heavy (non-hydrogen) atoms. The van der Waals surface area contributed by atoms with Crippen LogP contribution in [0.3, 0.4) is 0 Å². The maximum absolute atomic E-state index is 12.4. The number of aromatic nitrogens is 1. The lowest BCUT2D eigenvalue weighted by Gasteiger charge is -2.18. The summed E-state index contributed by atoms with van der Waals surface area (Å²) in [6.07, 6.45) is 1.35. The summed E-state index contributed by atoms with van der Waals surface area (Å²) in [7, 11) is -3.49. The highest BCUT2D eigenvalue weighted by Gasteiger charge is 2.21. The molecular weight excluding hydrogens is 404 g/mol. The molecular formula is C17H21BrN4O2S. The summed E-state index contributed by atoms with van der Waals surface area (Å²) < 4.78 is 27.2. The molecule has 1 heterocycles. The van der Waals surface area contributed by atoms with Gasteiger partial charge in [0.05, 0.1) is 5.71 Å². The van der Waals surface area contributed by atoms with Crippen LogP contribution in [0.2, 0.25) is 0 Å². The van der Waals surface area contributed by atoms with Gasteiger partial charge in [-0.3, -0.25) is 5.43 Å². The molecule has 0 saturated carbocycles. The summed E-state index contributed by atoms with van der Waals surface area (Å²) in [5.41, 5.74) is 4.62. The molecule has 1 aromatic heterocycles. The van der Waals surface area contributed by atoms with Gasteiger partial charge in [-0.1, -0.05) is 41.9 Å². The molecule has 0 atom stereocenters. The summed E-state index contributed by atoms with van der Waals surface area (Å²) in [4.78, 5) is 4.32. The van der Waals surface area contributed by atoms with Crippen molar-refractivity contribution in [1.82, 2.24) is 9.29 Å². The quantitative estimate of drug-likeness (QED) is 0.542. The van der Waals surface area contributed by atoms with Gasteiger partial charge in [0.2, 0.25) is 10.0 Å². The second kappa shape index (κ2) is 8.55. The average molecular weight is 425 g/mol. The average Bonchev–Trinajstić information content (AvgIpc) is 2.61. The molecule has 0 saturated heterocycles. The molecule has 6 nitrogen and oxygen atoms in total. The summed E-state index contributed by atoms with van der Waals surface area (Å²) in [6.45, 7) is 6.35. The zero-order valence-corrected chi connectivity index (χ0v) is 16.8. The Morgan fingerprint density at radius 1 is 1.24 bits per heavy atom. The lowest BCUT2D eigenvalue weighted by molar-refractivity contribution is 0.445. The minimum Gasteiger partial charge on any atom is -0.261 e. The van der Waals surface area contributed by atoms with Crippen molar-refractivity contribution in [3.8, 4) is 0 Å². The largest absolute Gasteiger partial charge is 0.261 e. The van der Waals surface area contributed by atoms with Gasteiger partial charge in [0.25, 0.3) is 0 Å². The molecule has 1 aromatic carbocycles. The van der Waals surface area contributed by atoms with Gasteiger partial charge in [0.15, 0.2) is 0 Å². The number of nitrogens with zero attached hydrogens (tertiary/aromatic N) is 3. The van der Waals surface area contributed by atoms with Crippen LogP contribution in [0.1, 0.15) is 26.3 Å². The summed E-state index contributed by atoms with van der Waals surface area (Å²) >= 11 is 3.43. The van der Waals surface area contributed by atoms with E-state index in [1.165, 1.54) is 16.6 Å². The highest BCUT2D eigenvalue weighted by atomic mass is 79.9. The van der Waals surface area contributed by atoms with Gasteiger partial charge in [-0.2, -0.15) is 9.41 Å². The number of hydrogen-bond donors (Lipinski definition) is 1. The van der Waals surface area contributed by atoms with Crippen LogP contribution in [-0.4, -0.2) is 36.5 Å². The fourth-order valence-corrected chi connectivity index (χ4v) is 4.03. The van der Waals surface area contributed by atoms with E-state index in [9.17, 15) is 8.42 Å². The minimum absolute atomic E-state index is 0.175. The third-order valence-electron chi connectivity index (χ3n) is 3.66. The van der Waals surface area contributed by atoms with E-state index in [1.807, 2.05) is 45.0 Å². The molecule has 0 amide bonds. The van der Waals surface area contributed by atoms with Crippen molar-refractivity contribution in [2.45, 2.75) is 25.7 Å². The number of halogens is 1. The summed E-state index contributed by atoms with van der Waals surface area (Å²) in [5.74, 6) is 0.479. The molecule has 0 radical (unpaired) electrons. The number of benzene rings is 1. The number of hydrazone groups is 1. The molecule has 2 aromatic rings. The Balaban J connectivity index is 2.14. The monoisotopic (exact) mass is 424 g/mol. The minimum atomic E-state index is -3.49. The molecule has 0 aliphatic rings. The molecule has 0 aliphatic heterocycles. The maximum atomic E-state index is 12.4. The SMILES string of the molecule is CCN(CC)S(=O)(=O)c1ccc(N/N=C(\C)c2cccc(Br)c2)nc1. The van der Waals surface area contributed by atoms with Crippen LogP contribution in [0, 0.1) is 0 Å². The number of sulfonamides is 1. The molecule has 1 N–H and O–H groups in total. The van der Waals surface area contributed by atoms with Gasteiger partial charge in [0, 0.05) is 23.8 Å². The fraction of sp³-hybridized carbons (Fsp3) is 0.294. The predicted octanol–water partition coefficient (Wildman–Crippen LogP) is 3.71. The Labute approximate surface area is 157 Å². The van der Waals surface area contributed by atoms with Gasteiger partial charge in [-0.15, -0.1) is 0 Å². The molecule has 0 spiro atoms. The summed E-state index contributed by atoms with van der Waals surface area (Å²) in [6, 6.07) is 10.9. The van der Waals surface area contributed by atoms with Crippen LogP contribution in [0.4, 0.5) is 5.82 Å². The topological polar surface area (TPSA) is 74.7 Å². The van der Waals surface area contributed by atoms with Crippen molar-refractivity contribution in [1.29, 1.82) is 0 Å². The van der Waals surface area contributed by atoms with Crippen molar-refractivity contribution in [2.75, 3.05) is 18.5 Å². The Morgan fingerprint density at radius 2 is 1.96 bits per heavy atom. The smallest absolute Gasteiger partial charge is 0.244 e. The lowest BCUT2D eigenvalue weighted by atomic mass is 10.1. The van der Waals surface area contributed by atoms with Crippen molar-refractivity contribution in [3.05, 3.63) is 52.6 Å². The first-order valence-electron chi connectivity index (χ1n) is 7.91. The van der Waals surface area contributed by atoms with Crippen LogP contribution in [0.25, 0.3) is 0 Å². The number of pyridine rings is 1. The standard InChI is InChI=1S/C17H21BrN4O2S/c1-4-22(5-2)25(23,24)16-9-10-17(19-12-16)21-20-13(3)14-7-6-8-15(18)11-14/h6-12H,4-5H2,1-3H3,(H,19,21)/b20-13+. The molecule has 0 aliphatic carbocycles. The van der Waals surface area contributed by atoms with E-state index in [4.69, 9.17) is 0 Å². The highest BCUT2D eigenvalue weighted by molar-refractivity contribution is 9.10. The predicted molar refractivity (Wildman–Crippen MR) is 104 cm³/mol. The molecule has 0 unspecified atom stereocenters. The first-order chi connectivity index (χ1) is 11.9. The summed E-state index contributed by atoms with van der Waals surface area (Å²) in [5, 5.41) is 4.29. The number of rotatable bonds is 7. The zero-order chi connectivity index (χ0) is 18.4.